The zero-order valence-corrected chi connectivity index (χ0v) is 17.5. The molecule has 0 aromatic heterocycles. The van der Waals surface area contributed by atoms with Crippen LogP contribution in [-0.4, -0.2) is 60.6 Å². The molecule has 186 valence electrons. The number of hydrogen-bond acceptors (Lipinski definition) is 8. The zero-order valence-electron chi connectivity index (χ0n) is 16.6. The van der Waals surface area contributed by atoms with E-state index in [0.717, 1.165) is 0 Å². The molecule has 3 aliphatic rings. The van der Waals surface area contributed by atoms with E-state index in [2.05, 4.69) is 4.74 Å². The van der Waals surface area contributed by atoms with Crippen LogP contribution < -0.4 is 0 Å². The first-order valence-electron chi connectivity index (χ1n) is 9.73. The molecule has 0 radical (unpaired) electrons. The van der Waals surface area contributed by atoms with Crippen molar-refractivity contribution >= 4 is 28.0 Å². The summed E-state index contributed by atoms with van der Waals surface area (Å²) in [5, 5.41) is -5.92. The number of alkyl halides is 5. The number of halogens is 5. The number of hydrogen-bond donors (Lipinski definition) is 1. The van der Waals surface area contributed by atoms with Crippen molar-refractivity contribution in [2.45, 2.75) is 36.2 Å². The van der Waals surface area contributed by atoms with Gasteiger partial charge in [-0.1, -0.05) is 18.2 Å². The van der Waals surface area contributed by atoms with E-state index in [1.54, 1.807) is 6.07 Å². The number of fused-ring (bicyclic) bond motifs is 1. The first-order chi connectivity index (χ1) is 15.6. The third kappa shape index (κ3) is 3.79. The zero-order chi connectivity index (χ0) is 25.2. The minimum atomic E-state index is -6.63. The van der Waals surface area contributed by atoms with Crippen molar-refractivity contribution in [3.8, 4) is 0 Å². The largest absolute Gasteiger partial charge is 0.458 e. The van der Waals surface area contributed by atoms with Crippen LogP contribution in [0.2, 0.25) is 0 Å². The fraction of sp³-hybridized carbons (Fsp3) is 0.526. The first kappa shape index (κ1) is 24.3. The average Bonchev–Trinajstić information content (AvgIpc) is 3.34. The number of carbonyl (C=O) groups is 3. The normalized spacial score (nSPS) is 31.2. The van der Waals surface area contributed by atoms with Gasteiger partial charge >= 0.3 is 39.5 Å². The molecular weight excluding hydrogens is 499 g/mol. The van der Waals surface area contributed by atoms with Crippen LogP contribution in [0.25, 0.3) is 0 Å². The van der Waals surface area contributed by atoms with Crippen LogP contribution in [0.4, 0.5) is 22.0 Å². The smallest absolute Gasteiger partial charge is 0.432 e. The molecule has 1 aromatic carbocycles. The highest BCUT2D eigenvalue weighted by Crippen LogP contribution is 2.59. The van der Waals surface area contributed by atoms with E-state index in [4.69, 9.17) is 14.0 Å². The molecule has 2 aliphatic carbocycles. The summed E-state index contributed by atoms with van der Waals surface area (Å²) >= 11 is 0. The van der Waals surface area contributed by atoms with Crippen molar-refractivity contribution in [1.29, 1.82) is 0 Å². The van der Waals surface area contributed by atoms with E-state index >= 15 is 0 Å². The molecule has 3 fully saturated rings. The number of esters is 3. The van der Waals surface area contributed by atoms with E-state index < -0.39 is 81.4 Å². The molecular formula is C19H15F5O9S. The fourth-order valence-corrected chi connectivity index (χ4v) is 5.34. The summed E-state index contributed by atoms with van der Waals surface area (Å²) in [5.41, 5.74) is 0.0928. The van der Waals surface area contributed by atoms with E-state index in [-0.39, 0.29) is 12.0 Å². The van der Waals surface area contributed by atoms with Crippen molar-refractivity contribution in [1.82, 2.24) is 0 Å². The van der Waals surface area contributed by atoms with E-state index in [1.165, 1.54) is 24.3 Å². The molecule has 4 rings (SSSR count). The van der Waals surface area contributed by atoms with Gasteiger partial charge in [0.2, 0.25) is 0 Å². The monoisotopic (exact) mass is 514 g/mol. The number of benzene rings is 1. The van der Waals surface area contributed by atoms with E-state index in [9.17, 15) is 44.8 Å². The second-order valence-electron chi connectivity index (χ2n) is 8.15. The number of ether oxygens (including phenoxy) is 3. The molecule has 2 bridgehead atoms. The van der Waals surface area contributed by atoms with Crippen LogP contribution in [-0.2, 0) is 33.9 Å². The lowest BCUT2D eigenvalue weighted by Crippen LogP contribution is -2.54. The molecule has 2 saturated carbocycles. The molecule has 0 amide bonds. The van der Waals surface area contributed by atoms with Gasteiger partial charge in [-0.2, -0.15) is 30.4 Å². The van der Waals surface area contributed by atoms with Gasteiger partial charge in [0.05, 0.1) is 17.4 Å². The van der Waals surface area contributed by atoms with Crippen molar-refractivity contribution in [3.63, 3.8) is 0 Å². The Hall–Kier alpha value is -2.81. The summed E-state index contributed by atoms with van der Waals surface area (Å²) < 4.78 is 112. The van der Waals surface area contributed by atoms with Gasteiger partial charge in [-0.3, -0.25) is 14.1 Å². The maximum atomic E-state index is 13.8. The van der Waals surface area contributed by atoms with E-state index in [0.29, 0.717) is 0 Å². The molecule has 34 heavy (non-hydrogen) atoms. The lowest BCUT2D eigenvalue weighted by Gasteiger charge is -2.32. The lowest BCUT2D eigenvalue weighted by molar-refractivity contribution is -0.261. The van der Waals surface area contributed by atoms with E-state index in [1.807, 2.05) is 0 Å². The van der Waals surface area contributed by atoms with Crippen LogP contribution in [0.3, 0.4) is 0 Å². The van der Waals surface area contributed by atoms with Gasteiger partial charge in [0.1, 0.15) is 12.2 Å². The third-order valence-electron chi connectivity index (χ3n) is 6.25. The van der Waals surface area contributed by atoms with Crippen LogP contribution in [0.5, 0.6) is 0 Å². The second-order valence-corrected chi connectivity index (χ2v) is 9.64. The Balaban J connectivity index is 1.60. The van der Waals surface area contributed by atoms with Gasteiger partial charge in [0, 0.05) is 11.8 Å². The molecule has 1 heterocycles. The Labute approximate surface area is 187 Å². The summed E-state index contributed by atoms with van der Waals surface area (Å²) in [6, 6.07) is 7.46. The Morgan fingerprint density at radius 3 is 2.26 bits per heavy atom. The molecule has 1 saturated heterocycles. The third-order valence-corrected chi connectivity index (χ3v) is 7.15. The lowest BCUT2D eigenvalue weighted by atomic mass is 9.78. The summed E-state index contributed by atoms with van der Waals surface area (Å²) in [7, 11) is -6.63. The summed E-state index contributed by atoms with van der Waals surface area (Å²) in [6.07, 6.45) is -12.9. The maximum Gasteiger partial charge on any atom is 0.432 e. The van der Waals surface area contributed by atoms with Gasteiger partial charge in [0.25, 0.3) is 6.10 Å². The number of carbonyl (C=O) groups excluding carboxylic acids is 3. The minimum Gasteiger partial charge on any atom is -0.458 e. The predicted molar refractivity (Wildman–Crippen MR) is 96.5 cm³/mol. The molecule has 9 nitrogen and oxygen atoms in total. The van der Waals surface area contributed by atoms with Crippen molar-refractivity contribution in [2.75, 3.05) is 0 Å². The summed E-state index contributed by atoms with van der Waals surface area (Å²) in [5.74, 6) is -8.83. The van der Waals surface area contributed by atoms with Gasteiger partial charge in [-0.05, 0) is 18.6 Å². The Morgan fingerprint density at radius 1 is 1.09 bits per heavy atom. The Bertz CT molecular complexity index is 1120. The van der Waals surface area contributed by atoms with Gasteiger partial charge in [0.15, 0.2) is 0 Å². The van der Waals surface area contributed by atoms with Crippen molar-refractivity contribution in [2.24, 2.45) is 23.7 Å². The molecule has 0 spiro atoms. The van der Waals surface area contributed by atoms with Gasteiger partial charge in [-0.15, -0.1) is 0 Å². The van der Waals surface area contributed by atoms with Crippen molar-refractivity contribution < 1.29 is 63.5 Å². The standard InChI is InChI=1S/C19H15F5O9S/c20-18(21,22)17(19(23,24)34(28,29)30)33-16(27)11-9-6-8-10(11)15(26)32-13(8)12(9)31-14(25)7-4-2-1-3-5-7/h1-5,8-13,17H,6H2,(H,28,29,30). The molecule has 7 atom stereocenters. The molecule has 1 aliphatic heterocycles. The Morgan fingerprint density at radius 2 is 1.71 bits per heavy atom. The van der Waals surface area contributed by atoms with Crippen molar-refractivity contribution in [3.05, 3.63) is 35.9 Å². The molecule has 1 N–H and O–H groups in total. The highest BCUT2D eigenvalue weighted by atomic mass is 32.2. The van der Waals surface area contributed by atoms with Gasteiger partial charge < -0.3 is 14.2 Å². The SMILES string of the molecule is O=C(OC1C2CC3C1OC(=O)C3C2C(=O)OC(C(F)(F)F)C(F)(F)S(=O)(=O)O)c1ccccc1. The maximum absolute atomic E-state index is 13.8. The average molecular weight is 514 g/mol. The fourth-order valence-electron chi connectivity index (χ4n) is 4.89. The highest BCUT2D eigenvalue weighted by Gasteiger charge is 2.72. The number of rotatable bonds is 6. The topological polar surface area (TPSA) is 133 Å². The summed E-state index contributed by atoms with van der Waals surface area (Å²) in [6.45, 7) is 0. The quantitative estimate of drug-likeness (QED) is 0.262. The first-order valence-corrected chi connectivity index (χ1v) is 11.2. The molecule has 15 heteroatoms. The van der Waals surface area contributed by atoms with Crippen LogP contribution >= 0.6 is 0 Å². The highest BCUT2D eigenvalue weighted by molar-refractivity contribution is 7.86. The van der Waals surface area contributed by atoms with Crippen LogP contribution in [0.15, 0.2) is 30.3 Å². The van der Waals surface area contributed by atoms with Crippen LogP contribution in [0.1, 0.15) is 16.8 Å². The van der Waals surface area contributed by atoms with Crippen LogP contribution in [0, 0.1) is 23.7 Å². The predicted octanol–water partition coefficient (Wildman–Crippen LogP) is 1.97. The second kappa shape index (κ2) is 7.86. The van der Waals surface area contributed by atoms with Gasteiger partial charge in [-0.25, -0.2) is 4.79 Å². The summed E-state index contributed by atoms with van der Waals surface area (Å²) in [4.78, 5) is 37.3. The molecule has 7 unspecified atom stereocenters. The minimum absolute atomic E-state index is 0.0149. The Kier molecular flexibility index (Phi) is 5.63. The molecule has 1 aromatic rings.